The Labute approximate surface area is 184 Å². The largest absolute Gasteiger partial charge is 0.483 e. The average molecular weight is 447 g/mol. The van der Waals surface area contributed by atoms with E-state index in [-0.39, 0.29) is 30.4 Å². The molecule has 31 heavy (non-hydrogen) atoms. The maximum atomic E-state index is 13.4. The van der Waals surface area contributed by atoms with E-state index in [4.69, 9.17) is 9.90 Å². The van der Waals surface area contributed by atoms with Crippen LogP contribution in [-0.4, -0.2) is 68.6 Å². The van der Waals surface area contributed by atoms with E-state index in [1.165, 1.54) is 11.3 Å². The zero-order chi connectivity index (χ0) is 22.3. The predicted molar refractivity (Wildman–Crippen MR) is 113 cm³/mol. The van der Waals surface area contributed by atoms with Crippen LogP contribution in [-0.2, 0) is 27.2 Å². The monoisotopic (exact) mass is 446 g/mol. The minimum Gasteiger partial charge on any atom is -0.483 e. The second-order valence-corrected chi connectivity index (χ2v) is 8.41. The lowest BCUT2D eigenvalue weighted by molar-refractivity contribution is -0.138. The fraction of sp³-hybridized carbons (Fsp3) is 0.476. The summed E-state index contributed by atoms with van der Waals surface area (Å²) in [4.78, 5) is 44.2. The first-order valence-corrected chi connectivity index (χ1v) is 11.0. The van der Waals surface area contributed by atoms with Crippen LogP contribution in [0, 0.1) is 5.41 Å². The lowest BCUT2D eigenvalue weighted by Crippen LogP contribution is -2.52. The molecule has 2 aliphatic rings. The van der Waals surface area contributed by atoms with Crippen LogP contribution in [0.3, 0.4) is 0 Å². The molecule has 2 aromatic rings. The fourth-order valence-corrected chi connectivity index (χ4v) is 5.41. The molecule has 0 aromatic carbocycles. The van der Waals surface area contributed by atoms with Crippen molar-refractivity contribution in [3.8, 4) is 0 Å². The number of nitrogens with one attached hydrogen (secondary N) is 1. The second-order valence-electron chi connectivity index (χ2n) is 7.69. The lowest BCUT2D eigenvalue weighted by atomic mass is 9.70. The standard InChI is InChI=1S/C20H24N4O3S.CH2O2/c25-11-18(26)24-16-1-2-17(24)20(10-16,9-15-12-28-13-23-15)19(27)22-8-5-14-3-6-21-7-4-14;2-1-3/h3-4,6-7,12-13,16-17,25H,1-2,5,8-11H2,(H,22,27);1H,(H,2,3)/t16-,17+,20+;/m1./s1. The molecule has 2 fully saturated rings. The number of aromatic nitrogens is 2. The summed E-state index contributed by atoms with van der Waals surface area (Å²) < 4.78 is 0. The number of hydrogen-bond acceptors (Lipinski definition) is 7. The molecular formula is C21H26N4O5S. The van der Waals surface area contributed by atoms with Crippen LogP contribution in [0.4, 0.5) is 0 Å². The number of pyridine rings is 1. The van der Waals surface area contributed by atoms with Crippen molar-refractivity contribution in [3.05, 3.63) is 46.7 Å². The molecule has 2 saturated heterocycles. The van der Waals surface area contributed by atoms with Gasteiger partial charge in [-0.25, -0.2) is 4.98 Å². The zero-order valence-electron chi connectivity index (χ0n) is 17.0. The summed E-state index contributed by atoms with van der Waals surface area (Å²) in [7, 11) is 0. The predicted octanol–water partition coefficient (Wildman–Crippen LogP) is 0.882. The number of carbonyl (C=O) groups is 3. The minimum atomic E-state index is -0.680. The van der Waals surface area contributed by atoms with Gasteiger partial charge in [-0.15, -0.1) is 11.3 Å². The first kappa shape index (κ1) is 22.8. The number of hydrogen-bond donors (Lipinski definition) is 3. The number of nitrogens with zero attached hydrogens (tertiary/aromatic N) is 3. The van der Waals surface area contributed by atoms with Crippen molar-refractivity contribution in [2.24, 2.45) is 5.41 Å². The Morgan fingerprint density at radius 1 is 1.32 bits per heavy atom. The van der Waals surface area contributed by atoms with Gasteiger partial charge in [0.2, 0.25) is 11.8 Å². The Morgan fingerprint density at radius 2 is 2.06 bits per heavy atom. The second kappa shape index (κ2) is 10.5. The lowest BCUT2D eigenvalue weighted by Gasteiger charge is -2.35. The van der Waals surface area contributed by atoms with Crippen LogP contribution in [0.1, 0.15) is 30.5 Å². The highest BCUT2D eigenvalue weighted by Crippen LogP contribution is 2.51. The molecule has 2 aliphatic heterocycles. The number of rotatable bonds is 7. The number of carbonyl (C=O) groups excluding carboxylic acids is 2. The molecule has 3 N–H and O–H groups in total. The smallest absolute Gasteiger partial charge is 0.290 e. The minimum absolute atomic E-state index is 0.0162. The molecule has 0 saturated carbocycles. The van der Waals surface area contributed by atoms with Gasteiger partial charge in [0.15, 0.2) is 0 Å². The molecule has 0 spiro atoms. The van der Waals surface area contributed by atoms with Crippen molar-refractivity contribution in [2.75, 3.05) is 13.2 Å². The van der Waals surface area contributed by atoms with Crippen LogP contribution < -0.4 is 5.32 Å². The van der Waals surface area contributed by atoms with Crippen LogP contribution in [0.2, 0.25) is 0 Å². The normalized spacial score (nSPS) is 23.7. The Hall–Kier alpha value is -2.85. The Balaban J connectivity index is 0.000000858. The van der Waals surface area contributed by atoms with Crippen LogP contribution in [0.15, 0.2) is 35.4 Å². The molecule has 4 rings (SSSR count). The van der Waals surface area contributed by atoms with E-state index < -0.39 is 12.0 Å². The Morgan fingerprint density at radius 3 is 2.71 bits per heavy atom. The molecule has 2 aromatic heterocycles. The Bertz CT molecular complexity index is 879. The number of aliphatic hydroxyl groups excluding tert-OH is 1. The molecule has 4 heterocycles. The summed E-state index contributed by atoms with van der Waals surface area (Å²) in [5.74, 6) is -0.297. The van der Waals surface area contributed by atoms with Gasteiger partial charge in [0, 0.05) is 42.8 Å². The third kappa shape index (κ3) is 4.91. The van der Waals surface area contributed by atoms with Gasteiger partial charge in [-0.05, 0) is 43.4 Å². The van der Waals surface area contributed by atoms with Gasteiger partial charge in [0.25, 0.3) is 6.47 Å². The first-order chi connectivity index (χ1) is 15.1. The van der Waals surface area contributed by atoms with Gasteiger partial charge >= 0.3 is 0 Å². The zero-order valence-corrected chi connectivity index (χ0v) is 17.8. The van der Waals surface area contributed by atoms with Gasteiger partial charge in [0.1, 0.15) is 6.61 Å². The molecule has 0 aliphatic carbocycles. The number of amides is 2. The van der Waals surface area contributed by atoms with E-state index in [1.54, 1.807) is 22.8 Å². The number of fused-ring (bicyclic) bond motifs is 2. The molecule has 3 atom stereocenters. The molecule has 2 amide bonds. The van der Waals surface area contributed by atoms with Gasteiger partial charge in [-0.3, -0.25) is 19.4 Å². The topological polar surface area (TPSA) is 133 Å². The van der Waals surface area contributed by atoms with Crippen molar-refractivity contribution < 1.29 is 24.6 Å². The van der Waals surface area contributed by atoms with Crippen molar-refractivity contribution in [3.63, 3.8) is 0 Å². The van der Waals surface area contributed by atoms with Gasteiger partial charge in [-0.2, -0.15) is 0 Å². The molecule has 9 nitrogen and oxygen atoms in total. The van der Waals surface area contributed by atoms with Gasteiger partial charge in [0.05, 0.1) is 16.6 Å². The van der Waals surface area contributed by atoms with Crippen molar-refractivity contribution in [1.29, 1.82) is 0 Å². The summed E-state index contributed by atoms with van der Waals surface area (Å²) in [5, 5.41) is 21.3. The van der Waals surface area contributed by atoms with E-state index in [0.717, 1.165) is 30.5 Å². The van der Waals surface area contributed by atoms with Crippen LogP contribution in [0.25, 0.3) is 0 Å². The van der Waals surface area contributed by atoms with E-state index in [9.17, 15) is 14.7 Å². The van der Waals surface area contributed by atoms with Gasteiger partial charge < -0.3 is 20.4 Å². The number of thiazole rings is 1. The molecule has 0 radical (unpaired) electrons. The quantitative estimate of drug-likeness (QED) is 0.538. The highest BCUT2D eigenvalue weighted by atomic mass is 32.1. The van der Waals surface area contributed by atoms with Crippen molar-refractivity contribution in [1.82, 2.24) is 20.2 Å². The van der Waals surface area contributed by atoms with Gasteiger partial charge in [-0.1, -0.05) is 0 Å². The molecule has 10 heteroatoms. The fourth-order valence-electron chi connectivity index (χ4n) is 4.85. The highest BCUT2D eigenvalue weighted by Gasteiger charge is 2.61. The van der Waals surface area contributed by atoms with E-state index in [2.05, 4.69) is 15.3 Å². The third-order valence-electron chi connectivity index (χ3n) is 6.04. The molecular weight excluding hydrogens is 420 g/mol. The summed E-state index contributed by atoms with van der Waals surface area (Å²) in [6.45, 7) is -0.226. The summed E-state index contributed by atoms with van der Waals surface area (Å²) in [6.07, 6.45) is 7.05. The number of carboxylic acid groups (broad SMARTS) is 1. The maximum absolute atomic E-state index is 13.4. The highest BCUT2D eigenvalue weighted by molar-refractivity contribution is 7.07. The molecule has 0 unspecified atom stereocenters. The van der Waals surface area contributed by atoms with E-state index in [0.29, 0.717) is 19.4 Å². The third-order valence-corrected chi connectivity index (χ3v) is 6.68. The van der Waals surface area contributed by atoms with Crippen molar-refractivity contribution >= 4 is 29.6 Å². The van der Waals surface area contributed by atoms with Crippen LogP contribution >= 0.6 is 11.3 Å². The molecule has 2 bridgehead atoms. The molecule has 166 valence electrons. The van der Waals surface area contributed by atoms with E-state index >= 15 is 0 Å². The van der Waals surface area contributed by atoms with E-state index in [1.807, 2.05) is 17.5 Å². The van der Waals surface area contributed by atoms with Crippen LogP contribution in [0.5, 0.6) is 0 Å². The summed E-state index contributed by atoms with van der Waals surface area (Å²) in [6, 6.07) is 3.72. The SMILES string of the molecule is O=C(CO)N1[C@@H]2CC[C@H]1[C@@](Cc1cscn1)(C(=O)NCCc1ccncc1)C2.O=CO. The first-order valence-electron chi connectivity index (χ1n) is 10.1. The average Bonchev–Trinajstić information content (AvgIpc) is 3.50. The summed E-state index contributed by atoms with van der Waals surface area (Å²) >= 11 is 1.51. The maximum Gasteiger partial charge on any atom is 0.290 e. The summed E-state index contributed by atoms with van der Waals surface area (Å²) in [5.41, 5.74) is 3.10. The van der Waals surface area contributed by atoms with Crippen molar-refractivity contribution in [2.45, 2.75) is 44.2 Å². The Kier molecular flexibility index (Phi) is 7.69. The number of aliphatic hydroxyl groups is 1.